The van der Waals surface area contributed by atoms with Gasteiger partial charge >= 0.3 is 0 Å². The number of anilines is 1. The minimum absolute atomic E-state index is 0.281. The van der Waals surface area contributed by atoms with E-state index in [4.69, 9.17) is 10.5 Å². The largest absolute Gasteiger partial charge is 0.491 e. The van der Waals surface area contributed by atoms with Crippen molar-refractivity contribution in [1.29, 1.82) is 0 Å². The highest BCUT2D eigenvalue weighted by Gasteiger charge is 2.09. The van der Waals surface area contributed by atoms with Crippen molar-refractivity contribution in [2.45, 2.75) is 25.7 Å². The molecule has 1 aromatic rings. The van der Waals surface area contributed by atoms with E-state index in [1.165, 1.54) is 6.07 Å². The SMILES string of the molecule is CCOc1cc(SCC(C)C)c(N)cc1F. The molecule has 0 aliphatic carbocycles. The first kappa shape index (κ1) is 13.2. The molecule has 0 unspecified atom stereocenters. The van der Waals surface area contributed by atoms with Crippen molar-refractivity contribution in [3.63, 3.8) is 0 Å². The maximum atomic E-state index is 13.4. The van der Waals surface area contributed by atoms with Crippen LogP contribution in [0.5, 0.6) is 5.75 Å². The van der Waals surface area contributed by atoms with E-state index in [1.54, 1.807) is 17.8 Å². The topological polar surface area (TPSA) is 35.2 Å². The third kappa shape index (κ3) is 3.59. The number of nitrogen functional groups attached to an aromatic ring is 1. The van der Waals surface area contributed by atoms with E-state index in [9.17, 15) is 4.39 Å². The molecule has 0 atom stereocenters. The molecule has 16 heavy (non-hydrogen) atoms. The Morgan fingerprint density at radius 1 is 1.44 bits per heavy atom. The quantitative estimate of drug-likeness (QED) is 0.634. The molecular formula is C12H18FNOS. The summed E-state index contributed by atoms with van der Waals surface area (Å²) in [5.41, 5.74) is 6.23. The number of benzene rings is 1. The van der Waals surface area contributed by atoms with Gasteiger partial charge in [-0.15, -0.1) is 11.8 Å². The number of nitrogens with two attached hydrogens (primary N) is 1. The lowest BCUT2D eigenvalue weighted by atomic mass is 10.3. The highest BCUT2D eigenvalue weighted by atomic mass is 32.2. The Labute approximate surface area is 100 Å². The van der Waals surface area contributed by atoms with Crippen LogP contribution in [-0.4, -0.2) is 12.4 Å². The first-order valence-corrected chi connectivity index (χ1v) is 6.37. The molecule has 2 N–H and O–H groups in total. The monoisotopic (exact) mass is 243 g/mol. The van der Waals surface area contributed by atoms with Gasteiger partial charge in [0.2, 0.25) is 0 Å². The molecule has 0 bridgehead atoms. The van der Waals surface area contributed by atoms with Crippen LogP contribution < -0.4 is 10.5 Å². The summed E-state index contributed by atoms with van der Waals surface area (Å²) in [5, 5.41) is 0. The summed E-state index contributed by atoms with van der Waals surface area (Å²) in [6, 6.07) is 3.01. The third-order valence-electron chi connectivity index (χ3n) is 1.94. The van der Waals surface area contributed by atoms with E-state index in [0.29, 0.717) is 18.2 Å². The van der Waals surface area contributed by atoms with Gasteiger partial charge in [0.25, 0.3) is 0 Å². The summed E-state index contributed by atoms with van der Waals surface area (Å²) in [6.07, 6.45) is 0. The molecule has 0 saturated carbocycles. The van der Waals surface area contributed by atoms with E-state index in [-0.39, 0.29) is 5.75 Å². The van der Waals surface area contributed by atoms with Crippen molar-refractivity contribution >= 4 is 17.4 Å². The van der Waals surface area contributed by atoms with Crippen LogP contribution in [-0.2, 0) is 0 Å². The van der Waals surface area contributed by atoms with E-state index in [2.05, 4.69) is 13.8 Å². The fraction of sp³-hybridized carbons (Fsp3) is 0.500. The molecule has 1 rings (SSSR count). The molecular weight excluding hydrogens is 225 g/mol. The first-order valence-electron chi connectivity index (χ1n) is 5.39. The number of thioether (sulfide) groups is 1. The lowest BCUT2D eigenvalue weighted by Crippen LogP contribution is -1.99. The van der Waals surface area contributed by atoms with Crippen LogP contribution in [0.4, 0.5) is 10.1 Å². The maximum absolute atomic E-state index is 13.4. The van der Waals surface area contributed by atoms with Crippen molar-refractivity contribution in [1.82, 2.24) is 0 Å². The molecule has 1 aromatic carbocycles. The number of hydrogen-bond acceptors (Lipinski definition) is 3. The zero-order valence-electron chi connectivity index (χ0n) is 9.92. The second kappa shape index (κ2) is 5.99. The van der Waals surface area contributed by atoms with Gasteiger partial charge in [0.05, 0.1) is 6.61 Å². The van der Waals surface area contributed by atoms with Crippen LogP contribution in [0.15, 0.2) is 17.0 Å². The van der Waals surface area contributed by atoms with Crippen LogP contribution >= 0.6 is 11.8 Å². The Kier molecular flexibility index (Phi) is 4.93. The van der Waals surface area contributed by atoms with Crippen molar-refractivity contribution in [2.24, 2.45) is 5.92 Å². The molecule has 0 saturated heterocycles. The average Bonchev–Trinajstić information content (AvgIpc) is 2.20. The zero-order chi connectivity index (χ0) is 12.1. The molecule has 2 nitrogen and oxygen atoms in total. The third-order valence-corrected chi connectivity index (χ3v) is 3.43. The van der Waals surface area contributed by atoms with E-state index < -0.39 is 5.82 Å². The highest BCUT2D eigenvalue weighted by Crippen LogP contribution is 2.32. The fourth-order valence-corrected chi connectivity index (χ4v) is 2.13. The molecule has 0 aromatic heterocycles. The molecule has 0 aliphatic rings. The highest BCUT2D eigenvalue weighted by molar-refractivity contribution is 7.99. The van der Waals surface area contributed by atoms with E-state index in [0.717, 1.165) is 10.6 Å². The molecule has 90 valence electrons. The normalized spacial score (nSPS) is 10.8. The Morgan fingerprint density at radius 2 is 2.12 bits per heavy atom. The van der Waals surface area contributed by atoms with Gasteiger partial charge in [-0.05, 0) is 18.9 Å². The van der Waals surface area contributed by atoms with Gasteiger partial charge in [-0.25, -0.2) is 4.39 Å². The van der Waals surface area contributed by atoms with Gasteiger partial charge < -0.3 is 10.5 Å². The van der Waals surface area contributed by atoms with Gasteiger partial charge in [-0.2, -0.15) is 0 Å². The van der Waals surface area contributed by atoms with Crippen LogP contribution in [0.1, 0.15) is 20.8 Å². The fourth-order valence-electron chi connectivity index (χ4n) is 1.20. The number of rotatable bonds is 5. The maximum Gasteiger partial charge on any atom is 0.167 e. The molecule has 0 radical (unpaired) electrons. The minimum atomic E-state index is -0.395. The molecule has 0 spiro atoms. The molecule has 0 fully saturated rings. The van der Waals surface area contributed by atoms with Crippen molar-refractivity contribution in [3.8, 4) is 5.75 Å². The van der Waals surface area contributed by atoms with Gasteiger partial charge in [0, 0.05) is 22.4 Å². The summed E-state index contributed by atoms with van der Waals surface area (Å²) in [4.78, 5) is 0.888. The zero-order valence-corrected chi connectivity index (χ0v) is 10.7. The van der Waals surface area contributed by atoms with Gasteiger partial charge in [-0.1, -0.05) is 13.8 Å². The second-order valence-electron chi connectivity index (χ2n) is 3.96. The van der Waals surface area contributed by atoms with Crippen molar-refractivity contribution < 1.29 is 9.13 Å². The van der Waals surface area contributed by atoms with E-state index in [1.807, 2.05) is 6.92 Å². The molecule has 0 aliphatic heterocycles. The summed E-state index contributed by atoms with van der Waals surface area (Å²) in [7, 11) is 0. The van der Waals surface area contributed by atoms with Crippen molar-refractivity contribution in [3.05, 3.63) is 17.9 Å². The Morgan fingerprint density at radius 3 is 2.69 bits per heavy atom. The second-order valence-corrected chi connectivity index (χ2v) is 5.02. The van der Waals surface area contributed by atoms with Crippen LogP contribution in [0.2, 0.25) is 0 Å². The predicted octanol–water partition coefficient (Wildman–Crippen LogP) is 3.55. The standard InChI is InChI=1S/C12H18FNOS/c1-4-15-11-6-12(16-7-8(2)3)10(14)5-9(11)13/h5-6,8H,4,7,14H2,1-3H3. The Balaban J connectivity index is 2.86. The lowest BCUT2D eigenvalue weighted by Gasteiger charge is -2.11. The van der Waals surface area contributed by atoms with Gasteiger partial charge in [0.15, 0.2) is 11.6 Å². The predicted molar refractivity (Wildman–Crippen MR) is 67.5 cm³/mol. The number of ether oxygens (including phenoxy) is 1. The summed E-state index contributed by atoms with van der Waals surface area (Å²) >= 11 is 1.63. The summed E-state index contributed by atoms with van der Waals surface area (Å²) in [6.45, 7) is 6.55. The molecule has 4 heteroatoms. The van der Waals surface area contributed by atoms with Crippen LogP contribution in [0.3, 0.4) is 0 Å². The Hall–Kier alpha value is -0.900. The average molecular weight is 243 g/mol. The van der Waals surface area contributed by atoms with Crippen LogP contribution in [0, 0.1) is 11.7 Å². The first-order chi connectivity index (χ1) is 7.54. The van der Waals surface area contributed by atoms with E-state index >= 15 is 0 Å². The summed E-state index contributed by atoms with van der Waals surface area (Å²) in [5.74, 6) is 1.42. The smallest absolute Gasteiger partial charge is 0.167 e. The molecule has 0 amide bonds. The Bertz CT molecular complexity index is 355. The number of halogens is 1. The minimum Gasteiger partial charge on any atom is -0.491 e. The molecule has 0 heterocycles. The van der Waals surface area contributed by atoms with Gasteiger partial charge in [0.1, 0.15) is 0 Å². The summed E-state index contributed by atoms with van der Waals surface area (Å²) < 4.78 is 18.6. The van der Waals surface area contributed by atoms with Crippen molar-refractivity contribution in [2.75, 3.05) is 18.1 Å². The van der Waals surface area contributed by atoms with Gasteiger partial charge in [-0.3, -0.25) is 0 Å². The lowest BCUT2D eigenvalue weighted by molar-refractivity contribution is 0.321. The van der Waals surface area contributed by atoms with Crippen LogP contribution in [0.25, 0.3) is 0 Å². The number of hydrogen-bond donors (Lipinski definition) is 1.